The fourth-order valence-electron chi connectivity index (χ4n) is 4.18. The summed E-state index contributed by atoms with van der Waals surface area (Å²) in [7, 11) is 0. The SMILES string of the molecule is CCn1c2ccccc2c2cc(NC(=O)C(C)Oc3ccc(Oc4ccccc4)cc3)ccc21. The van der Waals surface area contributed by atoms with Crippen molar-refractivity contribution in [3.63, 3.8) is 0 Å². The predicted molar refractivity (Wildman–Crippen MR) is 137 cm³/mol. The number of rotatable bonds is 7. The molecule has 0 saturated heterocycles. The number of nitrogens with zero attached hydrogens (tertiary/aromatic N) is 1. The molecule has 5 heteroatoms. The minimum Gasteiger partial charge on any atom is -0.481 e. The molecule has 0 fully saturated rings. The number of hydrogen-bond donors (Lipinski definition) is 1. The van der Waals surface area contributed by atoms with Gasteiger partial charge in [0.1, 0.15) is 17.2 Å². The second kappa shape index (κ2) is 9.32. The fraction of sp³-hybridized carbons (Fsp3) is 0.138. The number of aromatic nitrogens is 1. The van der Waals surface area contributed by atoms with E-state index in [0.29, 0.717) is 11.5 Å². The average Bonchev–Trinajstić information content (AvgIpc) is 3.19. The van der Waals surface area contributed by atoms with Gasteiger partial charge in [-0.25, -0.2) is 0 Å². The summed E-state index contributed by atoms with van der Waals surface area (Å²) in [6.45, 7) is 4.77. The summed E-state index contributed by atoms with van der Waals surface area (Å²) < 4.78 is 13.9. The zero-order chi connectivity index (χ0) is 23.5. The highest BCUT2D eigenvalue weighted by atomic mass is 16.5. The Labute approximate surface area is 198 Å². The third-order valence-corrected chi connectivity index (χ3v) is 5.84. The van der Waals surface area contributed by atoms with Crippen LogP contribution in [0.2, 0.25) is 0 Å². The topological polar surface area (TPSA) is 52.5 Å². The molecule has 0 saturated carbocycles. The van der Waals surface area contributed by atoms with Crippen molar-refractivity contribution in [2.75, 3.05) is 5.32 Å². The third-order valence-electron chi connectivity index (χ3n) is 5.84. The van der Waals surface area contributed by atoms with Gasteiger partial charge in [-0.15, -0.1) is 0 Å². The van der Waals surface area contributed by atoms with Gasteiger partial charge in [0.25, 0.3) is 5.91 Å². The molecule has 1 unspecified atom stereocenters. The number of carbonyl (C=O) groups is 1. The quantitative estimate of drug-likeness (QED) is 0.290. The molecule has 1 N–H and O–H groups in total. The van der Waals surface area contributed by atoms with Crippen LogP contribution in [0.1, 0.15) is 13.8 Å². The number of carbonyl (C=O) groups excluding carboxylic acids is 1. The number of anilines is 1. The summed E-state index contributed by atoms with van der Waals surface area (Å²) in [5.74, 6) is 1.87. The molecule has 5 aromatic rings. The fourth-order valence-corrected chi connectivity index (χ4v) is 4.18. The number of fused-ring (bicyclic) bond motifs is 3. The van der Waals surface area contributed by atoms with E-state index in [9.17, 15) is 4.79 Å². The molecule has 0 radical (unpaired) electrons. The van der Waals surface area contributed by atoms with E-state index in [1.165, 1.54) is 10.9 Å². The predicted octanol–water partition coefficient (Wildman–Crippen LogP) is 7.01. The molecular weight excluding hydrogens is 424 g/mol. The maximum Gasteiger partial charge on any atom is 0.265 e. The first-order valence-electron chi connectivity index (χ1n) is 11.4. The van der Waals surface area contributed by atoms with Gasteiger partial charge in [-0.05, 0) is 74.5 Å². The summed E-state index contributed by atoms with van der Waals surface area (Å²) in [4.78, 5) is 12.8. The molecule has 0 bridgehead atoms. The van der Waals surface area contributed by atoms with Crippen LogP contribution in [-0.2, 0) is 11.3 Å². The number of hydrogen-bond acceptors (Lipinski definition) is 3. The Morgan fingerprint density at radius 2 is 1.44 bits per heavy atom. The average molecular weight is 451 g/mol. The van der Waals surface area contributed by atoms with E-state index >= 15 is 0 Å². The lowest BCUT2D eigenvalue weighted by molar-refractivity contribution is -0.122. The first-order valence-corrected chi connectivity index (χ1v) is 11.4. The summed E-state index contributed by atoms with van der Waals surface area (Å²) in [6, 6.07) is 31.2. The van der Waals surface area contributed by atoms with E-state index in [1.54, 1.807) is 19.1 Å². The highest BCUT2D eigenvalue weighted by molar-refractivity contribution is 6.10. The molecule has 1 atom stereocenters. The van der Waals surface area contributed by atoms with Gasteiger partial charge in [0.05, 0.1) is 0 Å². The molecule has 1 heterocycles. The van der Waals surface area contributed by atoms with Crippen molar-refractivity contribution < 1.29 is 14.3 Å². The van der Waals surface area contributed by atoms with E-state index in [-0.39, 0.29) is 5.91 Å². The van der Waals surface area contributed by atoms with Crippen LogP contribution in [0.4, 0.5) is 5.69 Å². The van der Waals surface area contributed by atoms with E-state index in [1.807, 2.05) is 60.7 Å². The molecule has 4 aromatic carbocycles. The summed E-state index contributed by atoms with van der Waals surface area (Å²) in [5.41, 5.74) is 3.10. The smallest absolute Gasteiger partial charge is 0.265 e. The van der Waals surface area contributed by atoms with Crippen molar-refractivity contribution in [2.45, 2.75) is 26.5 Å². The number of nitrogens with one attached hydrogen (secondary N) is 1. The van der Waals surface area contributed by atoms with Crippen molar-refractivity contribution in [1.82, 2.24) is 4.57 Å². The van der Waals surface area contributed by atoms with E-state index < -0.39 is 6.10 Å². The van der Waals surface area contributed by atoms with E-state index in [4.69, 9.17) is 9.47 Å². The van der Waals surface area contributed by atoms with Crippen molar-refractivity contribution in [3.8, 4) is 17.2 Å². The van der Waals surface area contributed by atoms with Crippen molar-refractivity contribution >= 4 is 33.4 Å². The minimum absolute atomic E-state index is 0.205. The highest BCUT2D eigenvalue weighted by Crippen LogP contribution is 2.31. The maximum absolute atomic E-state index is 12.8. The molecule has 0 aliphatic carbocycles. The van der Waals surface area contributed by atoms with Crippen LogP contribution in [0.5, 0.6) is 17.2 Å². The molecule has 170 valence electrons. The van der Waals surface area contributed by atoms with Crippen LogP contribution in [0, 0.1) is 0 Å². The molecule has 0 aliphatic heterocycles. The molecule has 1 aromatic heterocycles. The Morgan fingerprint density at radius 1 is 0.794 bits per heavy atom. The van der Waals surface area contributed by atoms with Gasteiger partial charge < -0.3 is 19.4 Å². The lowest BCUT2D eigenvalue weighted by Gasteiger charge is -2.15. The highest BCUT2D eigenvalue weighted by Gasteiger charge is 2.16. The Balaban J connectivity index is 1.27. The first-order chi connectivity index (χ1) is 16.6. The number of benzene rings is 4. The largest absolute Gasteiger partial charge is 0.481 e. The van der Waals surface area contributed by atoms with Crippen molar-refractivity contribution in [1.29, 1.82) is 0 Å². The van der Waals surface area contributed by atoms with Crippen LogP contribution in [0.25, 0.3) is 21.8 Å². The van der Waals surface area contributed by atoms with E-state index in [2.05, 4.69) is 41.1 Å². The van der Waals surface area contributed by atoms with Crippen LogP contribution >= 0.6 is 0 Å². The van der Waals surface area contributed by atoms with Gasteiger partial charge in [0, 0.05) is 34.0 Å². The second-order valence-corrected chi connectivity index (χ2v) is 8.13. The molecule has 0 spiro atoms. The van der Waals surface area contributed by atoms with Gasteiger partial charge >= 0.3 is 0 Å². The maximum atomic E-state index is 12.8. The number of ether oxygens (including phenoxy) is 2. The lowest BCUT2D eigenvalue weighted by Crippen LogP contribution is -2.30. The Bertz CT molecular complexity index is 1440. The minimum atomic E-state index is -0.659. The number of para-hydroxylation sites is 2. The molecule has 1 amide bonds. The van der Waals surface area contributed by atoms with Crippen LogP contribution in [0.3, 0.4) is 0 Å². The number of amides is 1. The zero-order valence-corrected chi connectivity index (χ0v) is 19.2. The molecule has 34 heavy (non-hydrogen) atoms. The summed E-state index contributed by atoms with van der Waals surface area (Å²) >= 11 is 0. The number of aryl methyl sites for hydroxylation is 1. The standard InChI is InChI=1S/C29H26N2O3/c1-3-31-27-12-8-7-11-25(27)26-19-21(13-18-28(26)31)30-29(32)20(2)33-23-14-16-24(17-15-23)34-22-9-5-4-6-10-22/h4-20H,3H2,1-2H3,(H,30,32). The zero-order valence-electron chi connectivity index (χ0n) is 19.2. The van der Waals surface area contributed by atoms with E-state index in [0.717, 1.165) is 28.9 Å². The molecule has 5 nitrogen and oxygen atoms in total. The summed E-state index contributed by atoms with van der Waals surface area (Å²) in [5, 5.41) is 5.29. The molecular formula is C29H26N2O3. The summed E-state index contributed by atoms with van der Waals surface area (Å²) in [6.07, 6.45) is -0.659. The van der Waals surface area contributed by atoms with Gasteiger partial charge in [-0.1, -0.05) is 36.4 Å². The monoisotopic (exact) mass is 450 g/mol. The van der Waals surface area contributed by atoms with Gasteiger partial charge in [-0.3, -0.25) is 4.79 Å². The van der Waals surface area contributed by atoms with Crippen molar-refractivity contribution in [2.24, 2.45) is 0 Å². The second-order valence-electron chi connectivity index (χ2n) is 8.13. The van der Waals surface area contributed by atoms with Crippen LogP contribution in [-0.4, -0.2) is 16.6 Å². The third kappa shape index (κ3) is 4.33. The lowest BCUT2D eigenvalue weighted by atomic mass is 10.1. The molecule has 0 aliphatic rings. The van der Waals surface area contributed by atoms with Crippen LogP contribution in [0.15, 0.2) is 97.1 Å². The Morgan fingerprint density at radius 3 is 2.21 bits per heavy atom. The molecule has 5 rings (SSSR count). The van der Waals surface area contributed by atoms with Gasteiger partial charge in [0.15, 0.2) is 6.10 Å². The first kappa shape index (κ1) is 21.6. The van der Waals surface area contributed by atoms with Crippen LogP contribution < -0.4 is 14.8 Å². The normalized spacial score (nSPS) is 11.9. The van der Waals surface area contributed by atoms with Gasteiger partial charge in [-0.2, -0.15) is 0 Å². The van der Waals surface area contributed by atoms with Crippen molar-refractivity contribution in [3.05, 3.63) is 97.1 Å². The van der Waals surface area contributed by atoms with Gasteiger partial charge in [0.2, 0.25) is 0 Å². The Hall–Kier alpha value is -4.25. The Kier molecular flexibility index (Phi) is 5.91.